The highest BCUT2D eigenvalue weighted by Gasteiger charge is 2.24. The Morgan fingerprint density at radius 3 is 1.94 bits per heavy atom. The topological polar surface area (TPSA) is 43.9 Å². The molecule has 0 amide bonds. The first-order chi connectivity index (χ1) is 26.2. The van der Waals surface area contributed by atoms with Gasteiger partial charge in [-0.2, -0.15) is 0 Å². The van der Waals surface area contributed by atoms with Crippen molar-refractivity contribution in [3.63, 3.8) is 0 Å². The Balaban J connectivity index is 1.25. The molecule has 11 rings (SSSR count). The number of nitrogens with zero attached hydrogens (tertiary/aromatic N) is 3. The molecule has 0 radical (unpaired) electrons. The van der Waals surface area contributed by atoms with Gasteiger partial charge in [-0.3, -0.25) is 0 Å². The van der Waals surface area contributed by atoms with Crippen molar-refractivity contribution in [2.75, 3.05) is 0 Å². The molecule has 3 heterocycles. The van der Waals surface area contributed by atoms with Crippen molar-refractivity contribution < 1.29 is 4.42 Å². The number of aromatic nitrogens is 3. The second kappa shape index (κ2) is 11.5. The number of hydrogen-bond acceptors (Lipinski definition) is 3. The summed E-state index contributed by atoms with van der Waals surface area (Å²) < 4.78 is 9.29. The first-order valence-corrected chi connectivity index (χ1v) is 18.0. The Morgan fingerprint density at radius 1 is 0.472 bits per heavy atom. The lowest BCUT2D eigenvalue weighted by atomic mass is 9.94. The van der Waals surface area contributed by atoms with E-state index in [4.69, 9.17) is 14.4 Å². The van der Waals surface area contributed by atoms with E-state index in [1.54, 1.807) is 0 Å². The van der Waals surface area contributed by atoms with Gasteiger partial charge < -0.3 is 8.98 Å². The quantitative estimate of drug-likeness (QED) is 0.186. The van der Waals surface area contributed by atoms with Crippen LogP contribution in [0.3, 0.4) is 0 Å². The lowest BCUT2D eigenvalue weighted by molar-refractivity contribution is 0.666. The average Bonchev–Trinajstić information content (AvgIpc) is 3.76. The van der Waals surface area contributed by atoms with Crippen LogP contribution in [-0.2, 0) is 0 Å². The molecule has 0 saturated carbocycles. The minimum absolute atomic E-state index is 0.688. The molecule has 3 aromatic heterocycles. The molecule has 248 valence electrons. The van der Waals surface area contributed by atoms with Crippen LogP contribution in [0.15, 0.2) is 174 Å². The molecule has 0 aliphatic heterocycles. The molecular weight excluding hydrogens is 647 g/mol. The van der Waals surface area contributed by atoms with Crippen LogP contribution in [0.5, 0.6) is 0 Å². The van der Waals surface area contributed by atoms with Crippen LogP contribution >= 0.6 is 0 Å². The largest absolute Gasteiger partial charge is 0.454 e. The van der Waals surface area contributed by atoms with Gasteiger partial charge >= 0.3 is 0 Å². The zero-order valence-electron chi connectivity index (χ0n) is 28.9. The average molecular weight is 678 g/mol. The molecule has 0 unspecified atom stereocenters. The molecule has 53 heavy (non-hydrogen) atoms. The van der Waals surface area contributed by atoms with Gasteiger partial charge in [0.1, 0.15) is 5.58 Å². The lowest BCUT2D eigenvalue weighted by Crippen LogP contribution is -2.02. The van der Waals surface area contributed by atoms with Gasteiger partial charge in [0.2, 0.25) is 0 Å². The van der Waals surface area contributed by atoms with Crippen LogP contribution in [0.25, 0.3) is 105 Å². The molecule has 0 fully saturated rings. The summed E-state index contributed by atoms with van der Waals surface area (Å²) in [7, 11) is 0. The summed E-state index contributed by atoms with van der Waals surface area (Å²) in [5, 5.41) is 9.28. The first-order valence-electron chi connectivity index (χ1n) is 18.0. The van der Waals surface area contributed by atoms with Crippen molar-refractivity contribution in [1.82, 2.24) is 14.5 Å². The molecule has 0 N–H and O–H groups in total. The van der Waals surface area contributed by atoms with Gasteiger partial charge in [0.15, 0.2) is 11.4 Å². The number of fused-ring (bicyclic) bond motifs is 8. The van der Waals surface area contributed by atoms with Crippen LogP contribution in [0.2, 0.25) is 0 Å². The first kappa shape index (κ1) is 29.7. The smallest absolute Gasteiger partial charge is 0.160 e. The maximum atomic E-state index is 6.92. The molecule has 4 heteroatoms. The maximum absolute atomic E-state index is 6.92. The summed E-state index contributed by atoms with van der Waals surface area (Å²) >= 11 is 0. The third kappa shape index (κ3) is 4.49. The van der Waals surface area contributed by atoms with Gasteiger partial charge in [-0.15, -0.1) is 0 Å². The summed E-state index contributed by atoms with van der Waals surface area (Å²) in [4.78, 5) is 10.7. The minimum atomic E-state index is 0.688. The fraction of sp³-hybridized carbons (Fsp3) is 0.0204. The van der Waals surface area contributed by atoms with Crippen molar-refractivity contribution in [2.24, 2.45) is 0 Å². The SMILES string of the molecule is Cc1c(-c2cccc3ccccc23)nc(-c2ccccc2)nc1-c1ccc(-n2c3ccccc3c3cc4ccccc4cc32)c2oc3ccccc3c12. The van der Waals surface area contributed by atoms with Gasteiger partial charge in [-0.1, -0.05) is 133 Å². The van der Waals surface area contributed by atoms with Crippen LogP contribution in [0.1, 0.15) is 5.56 Å². The van der Waals surface area contributed by atoms with Gasteiger partial charge in [0, 0.05) is 43.8 Å². The summed E-state index contributed by atoms with van der Waals surface area (Å²) in [5.41, 5.74) is 10.8. The van der Waals surface area contributed by atoms with E-state index in [-0.39, 0.29) is 0 Å². The van der Waals surface area contributed by atoms with E-state index >= 15 is 0 Å². The predicted molar refractivity (Wildman–Crippen MR) is 220 cm³/mol. The monoisotopic (exact) mass is 677 g/mol. The molecule has 0 saturated heterocycles. The van der Waals surface area contributed by atoms with Gasteiger partial charge in [-0.25, -0.2) is 9.97 Å². The molecule has 0 atom stereocenters. The third-order valence-corrected chi connectivity index (χ3v) is 10.8. The Kier molecular flexibility index (Phi) is 6.43. The van der Waals surface area contributed by atoms with Gasteiger partial charge in [-0.05, 0) is 64.9 Å². The Morgan fingerprint density at radius 2 is 1.11 bits per heavy atom. The van der Waals surface area contributed by atoms with Crippen molar-refractivity contribution in [3.05, 3.63) is 175 Å². The minimum Gasteiger partial charge on any atom is -0.454 e. The number of hydrogen-bond donors (Lipinski definition) is 0. The fourth-order valence-corrected chi connectivity index (χ4v) is 8.29. The Hall–Kier alpha value is -7.04. The van der Waals surface area contributed by atoms with Crippen LogP contribution in [-0.4, -0.2) is 14.5 Å². The maximum Gasteiger partial charge on any atom is 0.160 e. The zero-order chi connectivity index (χ0) is 35.0. The third-order valence-electron chi connectivity index (χ3n) is 10.8. The molecule has 4 nitrogen and oxygen atoms in total. The second-order valence-corrected chi connectivity index (χ2v) is 13.8. The molecule has 0 aliphatic rings. The van der Waals surface area contributed by atoms with Crippen molar-refractivity contribution in [3.8, 4) is 39.6 Å². The number of benzene rings is 8. The van der Waals surface area contributed by atoms with E-state index in [0.29, 0.717) is 5.82 Å². The predicted octanol–water partition coefficient (Wildman–Crippen LogP) is 13.1. The molecule has 8 aromatic carbocycles. The Bertz CT molecular complexity index is 3240. The van der Waals surface area contributed by atoms with Crippen LogP contribution in [0.4, 0.5) is 0 Å². The number of para-hydroxylation sites is 2. The van der Waals surface area contributed by atoms with Crippen LogP contribution < -0.4 is 0 Å². The summed E-state index contributed by atoms with van der Waals surface area (Å²) in [5.74, 6) is 0.688. The summed E-state index contributed by atoms with van der Waals surface area (Å²) in [6.45, 7) is 2.15. The fourth-order valence-electron chi connectivity index (χ4n) is 8.29. The highest BCUT2D eigenvalue weighted by atomic mass is 16.3. The molecule has 0 spiro atoms. The summed E-state index contributed by atoms with van der Waals surface area (Å²) in [6.07, 6.45) is 0. The van der Waals surface area contributed by atoms with E-state index in [1.165, 1.54) is 26.9 Å². The lowest BCUT2D eigenvalue weighted by Gasteiger charge is -2.17. The summed E-state index contributed by atoms with van der Waals surface area (Å²) in [6, 6.07) is 59.9. The van der Waals surface area contributed by atoms with Crippen molar-refractivity contribution in [2.45, 2.75) is 6.92 Å². The standard InChI is InChI=1S/C49H31N3O/c1-30-46(37-23-13-19-31-14-7-8-20-35(31)37)50-49(32-15-3-2-4-16-32)51-47(30)39-26-27-42(48-45(39)38-22-10-12-25-44(38)53-48)52-41-24-11-9-21-36(41)40-28-33-17-5-6-18-34(33)29-43(40)52/h2-29H,1H3. The van der Waals surface area contributed by atoms with E-state index < -0.39 is 0 Å². The Labute approximate surface area is 305 Å². The highest BCUT2D eigenvalue weighted by molar-refractivity contribution is 6.18. The molecule has 11 aromatic rings. The van der Waals surface area contributed by atoms with Gasteiger partial charge in [0.25, 0.3) is 0 Å². The van der Waals surface area contributed by atoms with E-state index in [9.17, 15) is 0 Å². The second-order valence-electron chi connectivity index (χ2n) is 13.8. The number of furan rings is 1. The van der Waals surface area contributed by atoms with E-state index in [1.807, 2.05) is 24.3 Å². The zero-order valence-corrected chi connectivity index (χ0v) is 28.9. The molecular formula is C49H31N3O. The van der Waals surface area contributed by atoms with Gasteiger partial charge in [0.05, 0.1) is 28.1 Å². The van der Waals surface area contributed by atoms with Crippen molar-refractivity contribution >= 4 is 65.3 Å². The van der Waals surface area contributed by atoms with E-state index in [0.717, 1.165) is 77.7 Å². The molecule has 0 bridgehead atoms. The van der Waals surface area contributed by atoms with Crippen molar-refractivity contribution in [1.29, 1.82) is 0 Å². The normalized spacial score (nSPS) is 11.9. The highest BCUT2D eigenvalue weighted by Crippen LogP contribution is 2.44. The number of rotatable bonds is 4. The van der Waals surface area contributed by atoms with E-state index in [2.05, 4.69) is 157 Å². The van der Waals surface area contributed by atoms with Crippen LogP contribution in [0, 0.1) is 6.92 Å². The molecule has 0 aliphatic carbocycles.